The number of amides is 1. The first-order valence-electron chi connectivity index (χ1n) is 7.21. The number of fused-ring (bicyclic) bond motifs is 1. The van der Waals surface area contributed by atoms with Gasteiger partial charge in [-0.15, -0.1) is 0 Å². The van der Waals surface area contributed by atoms with Gasteiger partial charge >= 0.3 is 5.97 Å². The highest BCUT2D eigenvalue weighted by atomic mass is 79.9. The molecule has 0 aliphatic carbocycles. The van der Waals surface area contributed by atoms with E-state index < -0.39 is 0 Å². The van der Waals surface area contributed by atoms with E-state index in [9.17, 15) is 9.59 Å². The van der Waals surface area contributed by atoms with Crippen LogP contribution in [0.1, 0.15) is 54.4 Å². The molecule has 0 unspecified atom stereocenters. The predicted octanol–water partition coefficient (Wildman–Crippen LogP) is 3.87. The summed E-state index contributed by atoms with van der Waals surface area (Å²) in [6.45, 7) is 0. The van der Waals surface area contributed by atoms with Crippen molar-refractivity contribution in [2.24, 2.45) is 4.99 Å². The molecule has 5 heteroatoms. The second-order valence-electron chi connectivity index (χ2n) is 4.95. The summed E-state index contributed by atoms with van der Waals surface area (Å²) < 4.78 is 5.22. The summed E-state index contributed by atoms with van der Waals surface area (Å²) in [5.74, 6) is -0.526. The summed E-state index contributed by atoms with van der Waals surface area (Å²) in [5.41, 5.74) is 1.10. The van der Waals surface area contributed by atoms with Crippen LogP contribution in [0.5, 0.6) is 0 Å². The van der Waals surface area contributed by atoms with Gasteiger partial charge < -0.3 is 4.74 Å². The third-order valence-electron chi connectivity index (χ3n) is 3.32. The first-order valence-corrected chi connectivity index (χ1v) is 8.33. The van der Waals surface area contributed by atoms with Gasteiger partial charge in [-0.05, 0) is 25.0 Å². The fourth-order valence-corrected chi connectivity index (χ4v) is 2.60. The highest BCUT2D eigenvalue weighted by Gasteiger charge is 2.25. The molecule has 112 valence electrons. The summed E-state index contributed by atoms with van der Waals surface area (Å²) >= 11 is 3.39. The number of hydrogen-bond acceptors (Lipinski definition) is 3. The molecule has 0 saturated heterocycles. The second-order valence-corrected chi connectivity index (χ2v) is 5.74. The molecule has 0 saturated carbocycles. The Balaban J connectivity index is 1.77. The fraction of sp³-hybridized carbons (Fsp3) is 0.438. The zero-order chi connectivity index (χ0) is 15.1. The van der Waals surface area contributed by atoms with Gasteiger partial charge in [-0.25, -0.2) is 0 Å². The molecule has 0 bridgehead atoms. The summed E-state index contributed by atoms with van der Waals surface area (Å²) in [4.78, 5) is 27.2. The van der Waals surface area contributed by atoms with Gasteiger partial charge in [0.2, 0.25) is 5.90 Å². The molecular formula is C16H18BrNO3. The van der Waals surface area contributed by atoms with E-state index in [1.165, 1.54) is 12.8 Å². The number of carbonyl (C=O) groups excluding carboxylic acids is 2. The van der Waals surface area contributed by atoms with Crippen molar-refractivity contribution >= 4 is 33.7 Å². The van der Waals surface area contributed by atoms with E-state index in [0.717, 1.165) is 24.6 Å². The van der Waals surface area contributed by atoms with E-state index in [-0.39, 0.29) is 17.8 Å². The largest absolute Gasteiger partial charge is 0.407 e. The quantitative estimate of drug-likeness (QED) is 0.425. The van der Waals surface area contributed by atoms with Crippen LogP contribution in [0.2, 0.25) is 0 Å². The Morgan fingerprint density at radius 2 is 1.71 bits per heavy atom. The highest BCUT2D eigenvalue weighted by molar-refractivity contribution is 9.09. The van der Waals surface area contributed by atoms with E-state index >= 15 is 0 Å². The average Bonchev–Trinajstić information content (AvgIpc) is 2.80. The third-order valence-corrected chi connectivity index (χ3v) is 3.88. The number of rotatable bonds is 7. The number of benzene rings is 1. The van der Waals surface area contributed by atoms with Crippen molar-refractivity contribution in [3.05, 3.63) is 35.4 Å². The number of alkyl halides is 1. The predicted molar refractivity (Wildman–Crippen MR) is 84.9 cm³/mol. The standard InChI is InChI=1S/C16H18BrNO3/c17-11-7-3-1-2-4-10-14(19)21-16-13-9-6-5-8-12(13)15(20)18-16/h5-6,8-9H,1-4,7,10-11H2. The van der Waals surface area contributed by atoms with Crippen LogP contribution in [0.3, 0.4) is 0 Å². The van der Waals surface area contributed by atoms with Crippen LogP contribution in [0, 0.1) is 0 Å². The van der Waals surface area contributed by atoms with Crippen molar-refractivity contribution in [3.63, 3.8) is 0 Å². The average molecular weight is 352 g/mol. The number of carbonyl (C=O) groups is 2. The van der Waals surface area contributed by atoms with Gasteiger partial charge in [0.1, 0.15) is 0 Å². The highest BCUT2D eigenvalue weighted by Crippen LogP contribution is 2.19. The van der Waals surface area contributed by atoms with E-state index in [4.69, 9.17) is 4.74 Å². The molecule has 0 aromatic heterocycles. The molecule has 0 fully saturated rings. The maximum Gasteiger partial charge on any atom is 0.312 e. The third kappa shape index (κ3) is 4.49. The number of nitrogens with zero attached hydrogens (tertiary/aromatic N) is 1. The molecule has 1 aromatic rings. The Kier molecular flexibility index (Phi) is 6.11. The topological polar surface area (TPSA) is 55.7 Å². The molecule has 0 radical (unpaired) electrons. The van der Waals surface area contributed by atoms with Crippen LogP contribution in [0.25, 0.3) is 0 Å². The summed E-state index contributed by atoms with van der Waals surface area (Å²) in [7, 11) is 0. The number of ether oxygens (including phenoxy) is 1. The number of halogens is 1. The van der Waals surface area contributed by atoms with Crippen molar-refractivity contribution in [2.45, 2.75) is 38.5 Å². The number of aliphatic imine (C=N–C) groups is 1. The molecular weight excluding hydrogens is 334 g/mol. The van der Waals surface area contributed by atoms with Crippen molar-refractivity contribution < 1.29 is 14.3 Å². The van der Waals surface area contributed by atoms with Crippen LogP contribution in [0.15, 0.2) is 29.3 Å². The van der Waals surface area contributed by atoms with Crippen molar-refractivity contribution in [1.82, 2.24) is 0 Å². The Morgan fingerprint density at radius 1 is 1.05 bits per heavy atom. The molecule has 21 heavy (non-hydrogen) atoms. The maximum absolute atomic E-state index is 11.8. The molecule has 0 atom stereocenters. The summed E-state index contributed by atoms with van der Waals surface area (Å²) in [6.07, 6.45) is 5.66. The smallest absolute Gasteiger partial charge is 0.312 e. The van der Waals surface area contributed by atoms with E-state index in [1.54, 1.807) is 24.3 Å². The van der Waals surface area contributed by atoms with Gasteiger partial charge in [-0.2, -0.15) is 4.99 Å². The SMILES string of the molecule is O=C(CCCCCCCBr)OC1=NC(=O)c2ccccc21. The second kappa shape index (κ2) is 8.08. The zero-order valence-electron chi connectivity index (χ0n) is 11.8. The number of hydrogen-bond donors (Lipinski definition) is 0. The van der Waals surface area contributed by atoms with Gasteiger partial charge in [-0.3, -0.25) is 9.59 Å². The van der Waals surface area contributed by atoms with Crippen molar-refractivity contribution in [3.8, 4) is 0 Å². The summed E-state index contributed by atoms with van der Waals surface area (Å²) in [5, 5.41) is 1.03. The first-order chi connectivity index (χ1) is 10.2. The Hall–Kier alpha value is -1.49. The van der Waals surface area contributed by atoms with Crippen molar-refractivity contribution in [2.75, 3.05) is 5.33 Å². The lowest BCUT2D eigenvalue weighted by molar-refractivity contribution is -0.135. The van der Waals surface area contributed by atoms with E-state index in [0.29, 0.717) is 17.5 Å². The summed E-state index contributed by atoms with van der Waals surface area (Å²) in [6, 6.07) is 6.99. The van der Waals surface area contributed by atoms with Gasteiger partial charge in [0.25, 0.3) is 5.91 Å². The van der Waals surface area contributed by atoms with Crippen LogP contribution in [0.4, 0.5) is 0 Å². The zero-order valence-corrected chi connectivity index (χ0v) is 13.4. The lowest BCUT2D eigenvalue weighted by atomic mass is 10.1. The van der Waals surface area contributed by atoms with Crippen LogP contribution in [-0.2, 0) is 9.53 Å². The minimum atomic E-state index is -0.344. The van der Waals surface area contributed by atoms with Crippen LogP contribution in [-0.4, -0.2) is 23.1 Å². The molecule has 4 nitrogen and oxygen atoms in total. The molecule has 1 amide bonds. The van der Waals surface area contributed by atoms with Crippen LogP contribution >= 0.6 is 15.9 Å². The minimum Gasteiger partial charge on any atom is -0.407 e. The van der Waals surface area contributed by atoms with Gasteiger partial charge in [0, 0.05) is 11.8 Å². The van der Waals surface area contributed by atoms with E-state index in [1.807, 2.05) is 0 Å². The minimum absolute atomic E-state index is 0.139. The lowest BCUT2D eigenvalue weighted by Crippen LogP contribution is -2.12. The molecule has 2 rings (SSSR count). The normalized spacial score (nSPS) is 13.0. The van der Waals surface area contributed by atoms with Gasteiger partial charge in [0.05, 0.1) is 11.1 Å². The maximum atomic E-state index is 11.8. The number of esters is 1. The fourth-order valence-electron chi connectivity index (χ4n) is 2.20. The van der Waals surface area contributed by atoms with Crippen molar-refractivity contribution in [1.29, 1.82) is 0 Å². The lowest BCUT2D eigenvalue weighted by Gasteiger charge is -2.04. The Labute approximate surface area is 132 Å². The Morgan fingerprint density at radius 3 is 2.48 bits per heavy atom. The molecule has 0 spiro atoms. The molecule has 1 heterocycles. The van der Waals surface area contributed by atoms with Gasteiger partial charge in [-0.1, -0.05) is 47.3 Å². The van der Waals surface area contributed by atoms with Gasteiger partial charge in [0.15, 0.2) is 0 Å². The first kappa shape index (κ1) is 15.9. The monoisotopic (exact) mass is 351 g/mol. The number of unbranched alkanes of at least 4 members (excludes halogenated alkanes) is 4. The van der Waals surface area contributed by atoms with Crippen LogP contribution < -0.4 is 0 Å². The van der Waals surface area contributed by atoms with E-state index in [2.05, 4.69) is 20.9 Å². The Bertz CT molecular complexity index is 554. The molecule has 0 N–H and O–H groups in total. The molecule has 1 aliphatic rings. The molecule has 1 aliphatic heterocycles. The molecule has 1 aromatic carbocycles.